The summed E-state index contributed by atoms with van der Waals surface area (Å²) in [7, 11) is 0. The molecule has 0 aromatic carbocycles. The van der Waals surface area contributed by atoms with Gasteiger partial charge in [0.2, 0.25) is 0 Å². The topological polar surface area (TPSA) is 75.4 Å². The Bertz CT molecular complexity index is 554. The van der Waals surface area contributed by atoms with Crippen LogP contribution in [0.3, 0.4) is 0 Å². The van der Waals surface area contributed by atoms with Gasteiger partial charge in [-0.2, -0.15) is 5.10 Å². The molecule has 114 valence electrons. The minimum atomic E-state index is -0.876. The standard InChI is InChI=1S/C15H21N3O3/c1-2-6-17-8-11(7-16-17)14(19)18-9-10-4-3-5-12(10)13(18)15(20)21/h7-8,10,12-13H,2-6,9H2,1H3,(H,20,21). The number of aliphatic carboxylic acids is 1. The van der Waals surface area contributed by atoms with E-state index in [1.807, 2.05) is 6.92 Å². The average molecular weight is 291 g/mol. The molecule has 1 N–H and O–H groups in total. The van der Waals surface area contributed by atoms with E-state index in [2.05, 4.69) is 5.10 Å². The van der Waals surface area contributed by atoms with Crippen molar-refractivity contribution in [3.05, 3.63) is 18.0 Å². The Hall–Kier alpha value is -1.85. The van der Waals surface area contributed by atoms with Gasteiger partial charge in [0.1, 0.15) is 6.04 Å². The summed E-state index contributed by atoms with van der Waals surface area (Å²) in [5.41, 5.74) is 0.495. The molecule has 2 heterocycles. The van der Waals surface area contributed by atoms with Gasteiger partial charge in [0.05, 0.1) is 11.8 Å². The van der Waals surface area contributed by atoms with Gasteiger partial charge in [0, 0.05) is 19.3 Å². The highest BCUT2D eigenvalue weighted by Gasteiger charge is 2.49. The lowest BCUT2D eigenvalue weighted by molar-refractivity contribution is -0.142. The lowest BCUT2D eigenvalue weighted by Gasteiger charge is -2.23. The first-order valence-electron chi connectivity index (χ1n) is 7.68. The zero-order valence-corrected chi connectivity index (χ0v) is 12.2. The van der Waals surface area contributed by atoms with Crippen LogP contribution >= 0.6 is 0 Å². The zero-order valence-electron chi connectivity index (χ0n) is 12.2. The highest BCUT2D eigenvalue weighted by molar-refractivity contribution is 5.96. The van der Waals surface area contributed by atoms with Crippen LogP contribution in [0, 0.1) is 11.8 Å². The lowest BCUT2D eigenvalue weighted by Crippen LogP contribution is -2.43. The summed E-state index contributed by atoms with van der Waals surface area (Å²) < 4.78 is 1.74. The van der Waals surface area contributed by atoms with Crippen LogP contribution in [-0.2, 0) is 11.3 Å². The summed E-state index contributed by atoms with van der Waals surface area (Å²) in [6.07, 6.45) is 7.24. The van der Waals surface area contributed by atoms with Crippen LogP contribution in [0.2, 0.25) is 0 Å². The summed E-state index contributed by atoms with van der Waals surface area (Å²) in [6, 6.07) is -0.667. The summed E-state index contributed by atoms with van der Waals surface area (Å²) >= 11 is 0. The molecule has 2 aliphatic rings. The predicted molar refractivity (Wildman–Crippen MR) is 75.8 cm³/mol. The number of carbonyl (C=O) groups is 2. The third-order valence-electron chi connectivity index (χ3n) is 4.74. The predicted octanol–water partition coefficient (Wildman–Crippen LogP) is 1.62. The summed E-state index contributed by atoms with van der Waals surface area (Å²) in [5, 5.41) is 13.7. The van der Waals surface area contributed by atoms with Gasteiger partial charge in [-0.1, -0.05) is 13.3 Å². The second-order valence-corrected chi connectivity index (χ2v) is 6.09. The maximum absolute atomic E-state index is 12.6. The Morgan fingerprint density at radius 2 is 2.24 bits per heavy atom. The molecular formula is C15H21N3O3. The normalized spacial score (nSPS) is 27.9. The van der Waals surface area contributed by atoms with Gasteiger partial charge in [-0.3, -0.25) is 9.48 Å². The molecule has 3 rings (SSSR count). The maximum Gasteiger partial charge on any atom is 0.326 e. The van der Waals surface area contributed by atoms with Crippen LogP contribution in [0.5, 0.6) is 0 Å². The van der Waals surface area contributed by atoms with Crippen LogP contribution in [-0.4, -0.2) is 44.3 Å². The molecule has 0 spiro atoms. The van der Waals surface area contributed by atoms with Gasteiger partial charge in [0.15, 0.2) is 0 Å². The number of rotatable bonds is 4. The molecule has 0 bridgehead atoms. The highest BCUT2D eigenvalue weighted by atomic mass is 16.4. The minimum absolute atomic E-state index is 0.122. The first kappa shape index (κ1) is 14.1. The van der Waals surface area contributed by atoms with Crippen LogP contribution in [0.15, 0.2) is 12.4 Å². The molecule has 1 aliphatic heterocycles. The molecule has 3 atom stereocenters. The van der Waals surface area contributed by atoms with Gasteiger partial charge in [-0.15, -0.1) is 0 Å². The van der Waals surface area contributed by atoms with E-state index >= 15 is 0 Å². The molecule has 1 aromatic rings. The number of fused-ring (bicyclic) bond motifs is 1. The van der Waals surface area contributed by atoms with E-state index in [1.54, 1.807) is 22.0 Å². The molecule has 6 nitrogen and oxygen atoms in total. The first-order valence-corrected chi connectivity index (χ1v) is 7.68. The Balaban J connectivity index is 1.81. The van der Waals surface area contributed by atoms with Gasteiger partial charge in [-0.05, 0) is 31.1 Å². The fraction of sp³-hybridized carbons (Fsp3) is 0.667. The van der Waals surface area contributed by atoms with Crippen LogP contribution < -0.4 is 0 Å². The monoisotopic (exact) mass is 291 g/mol. The van der Waals surface area contributed by atoms with Gasteiger partial charge in [-0.25, -0.2) is 4.79 Å². The average Bonchev–Trinajstić information content (AvgIpc) is 3.11. The van der Waals surface area contributed by atoms with Crippen molar-refractivity contribution in [1.29, 1.82) is 0 Å². The number of amides is 1. The van der Waals surface area contributed by atoms with E-state index < -0.39 is 12.0 Å². The van der Waals surface area contributed by atoms with Crippen molar-refractivity contribution in [2.45, 2.75) is 45.2 Å². The number of hydrogen-bond donors (Lipinski definition) is 1. The number of carboxylic acid groups (broad SMARTS) is 1. The van der Waals surface area contributed by atoms with E-state index in [0.29, 0.717) is 18.0 Å². The largest absolute Gasteiger partial charge is 0.480 e. The third kappa shape index (κ3) is 2.43. The van der Waals surface area contributed by atoms with Gasteiger partial charge >= 0.3 is 5.97 Å². The van der Waals surface area contributed by atoms with Crippen LogP contribution in [0.4, 0.5) is 0 Å². The first-order chi connectivity index (χ1) is 10.1. The Labute approximate surface area is 123 Å². The zero-order chi connectivity index (χ0) is 15.0. The number of hydrogen-bond acceptors (Lipinski definition) is 3. The minimum Gasteiger partial charge on any atom is -0.480 e. The number of likely N-dealkylation sites (tertiary alicyclic amines) is 1. The molecule has 1 amide bonds. The van der Waals surface area contributed by atoms with Crippen molar-refractivity contribution in [3.8, 4) is 0 Å². The maximum atomic E-state index is 12.6. The van der Waals surface area contributed by atoms with E-state index in [1.165, 1.54) is 0 Å². The molecular weight excluding hydrogens is 270 g/mol. The molecule has 1 saturated heterocycles. The number of carboxylic acids is 1. The van der Waals surface area contributed by atoms with Crippen molar-refractivity contribution in [1.82, 2.24) is 14.7 Å². The number of aryl methyl sites for hydroxylation is 1. The lowest BCUT2D eigenvalue weighted by atomic mass is 9.94. The van der Waals surface area contributed by atoms with Crippen LogP contribution in [0.25, 0.3) is 0 Å². The fourth-order valence-electron chi connectivity index (χ4n) is 3.82. The van der Waals surface area contributed by atoms with Gasteiger partial charge < -0.3 is 10.0 Å². The highest BCUT2D eigenvalue weighted by Crippen LogP contribution is 2.42. The molecule has 1 aliphatic carbocycles. The second kappa shape index (κ2) is 5.50. The molecule has 0 radical (unpaired) electrons. The molecule has 1 saturated carbocycles. The number of nitrogens with zero attached hydrogens (tertiary/aromatic N) is 3. The Morgan fingerprint density at radius 3 is 2.95 bits per heavy atom. The smallest absolute Gasteiger partial charge is 0.326 e. The molecule has 1 aromatic heterocycles. The van der Waals surface area contributed by atoms with E-state index in [4.69, 9.17) is 0 Å². The Kier molecular flexibility index (Phi) is 3.69. The Morgan fingerprint density at radius 1 is 1.43 bits per heavy atom. The third-order valence-corrected chi connectivity index (χ3v) is 4.74. The summed E-state index contributed by atoms with van der Waals surface area (Å²) in [4.78, 5) is 25.7. The molecule has 21 heavy (non-hydrogen) atoms. The van der Waals surface area contributed by atoms with Crippen LogP contribution in [0.1, 0.15) is 43.0 Å². The van der Waals surface area contributed by atoms with Crippen molar-refractivity contribution in [3.63, 3.8) is 0 Å². The molecule has 3 unspecified atom stereocenters. The molecule has 2 fully saturated rings. The van der Waals surface area contributed by atoms with Gasteiger partial charge in [0.25, 0.3) is 5.91 Å². The van der Waals surface area contributed by atoms with Crippen molar-refractivity contribution < 1.29 is 14.7 Å². The van der Waals surface area contributed by atoms with Crippen molar-refractivity contribution in [2.24, 2.45) is 11.8 Å². The number of aromatic nitrogens is 2. The van der Waals surface area contributed by atoms with Crippen molar-refractivity contribution >= 4 is 11.9 Å². The number of carbonyl (C=O) groups excluding carboxylic acids is 1. The SMILES string of the molecule is CCCn1cc(C(=O)N2CC3CCCC3C2C(=O)O)cn1. The van der Waals surface area contributed by atoms with E-state index in [-0.39, 0.29) is 11.8 Å². The van der Waals surface area contributed by atoms with E-state index in [9.17, 15) is 14.7 Å². The molecule has 6 heteroatoms. The quantitative estimate of drug-likeness (QED) is 0.914. The fourth-order valence-corrected chi connectivity index (χ4v) is 3.82. The summed E-state index contributed by atoms with van der Waals surface area (Å²) in [5.74, 6) is -0.601. The second-order valence-electron chi connectivity index (χ2n) is 6.09. The summed E-state index contributed by atoms with van der Waals surface area (Å²) in [6.45, 7) is 3.38. The van der Waals surface area contributed by atoms with E-state index in [0.717, 1.165) is 32.2 Å². The van der Waals surface area contributed by atoms with Crippen molar-refractivity contribution in [2.75, 3.05) is 6.54 Å².